The lowest BCUT2D eigenvalue weighted by Gasteiger charge is -2.22. The standard InChI is InChI=1S/C18H21FN4O3/c1-10-5-7-13(20-16(10)19)23-11(6-8-15(23)24)17(25)21-14-9-12(22-26-14)18(2,3)4/h5,7,9,11H,6,8H2,1-4H3,(H,21,25)/t11-/m0/s1. The lowest BCUT2D eigenvalue weighted by atomic mass is 9.92. The number of aromatic nitrogens is 2. The van der Waals surface area contributed by atoms with E-state index < -0.39 is 17.9 Å². The van der Waals surface area contributed by atoms with Crippen molar-refractivity contribution >= 4 is 23.5 Å². The fourth-order valence-corrected chi connectivity index (χ4v) is 2.74. The van der Waals surface area contributed by atoms with Crippen LogP contribution in [0, 0.1) is 12.9 Å². The molecule has 0 radical (unpaired) electrons. The van der Waals surface area contributed by atoms with Gasteiger partial charge in [0.1, 0.15) is 11.9 Å². The highest BCUT2D eigenvalue weighted by atomic mass is 19.1. The highest BCUT2D eigenvalue weighted by Gasteiger charge is 2.38. The van der Waals surface area contributed by atoms with E-state index in [2.05, 4.69) is 15.5 Å². The summed E-state index contributed by atoms with van der Waals surface area (Å²) in [5.74, 6) is -1.01. The number of carbonyl (C=O) groups excluding carboxylic acids is 2. The van der Waals surface area contributed by atoms with Gasteiger partial charge in [-0.1, -0.05) is 32.0 Å². The van der Waals surface area contributed by atoms with E-state index in [1.165, 1.54) is 17.0 Å². The van der Waals surface area contributed by atoms with Crippen LogP contribution in [-0.2, 0) is 15.0 Å². The van der Waals surface area contributed by atoms with Gasteiger partial charge in [-0.05, 0) is 19.4 Å². The molecule has 1 aliphatic heterocycles. The van der Waals surface area contributed by atoms with Gasteiger partial charge in [-0.15, -0.1) is 0 Å². The average molecular weight is 360 g/mol. The predicted molar refractivity (Wildman–Crippen MR) is 93.3 cm³/mol. The number of aryl methyl sites for hydroxylation is 1. The van der Waals surface area contributed by atoms with Crippen LogP contribution >= 0.6 is 0 Å². The summed E-state index contributed by atoms with van der Waals surface area (Å²) in [6, 6.07) is 3.95. The van der Waals surface area contributed by atoms with Crippen molar-refractivity contribution in [3.63, 3.8) is 0 Å². The summed E-state index contributed by atoms with van der Waals surface area (Å²) in [4.78, 5) is 29.9. The van der Waals surface area contributed by atoms with E-state index in [4.69, 9.17) is 4.52 Å². The number of pyridine rings is 1. The highest BCUT2D eigenvalue weighted by Crippen LogP contribution is 2.28. The monoisotopic (exact) mass is 360 g/mol. The predicted octanol–water partition coefficient (Wildman–Crippen LogP) is 2.95. The second-order valence-corrected chi connectivity index (χ2v) is 7.41. The second kappa shape index (κ2) is 6.51. The van der Waals surface area contributed by atoms with Gasteiger partial charge in [-0.2, -0.15) is 4.39 Å². The first-order valence-corrected chi connectivity index (χ1v) is 8.40. The molecular weight excluding hydrogens is 339 g/mol. The van der Waals surface area contributed by atoms with Crippen LogP contribution in [0.4, 0.5) is 16.1 Å². The Morgan fingerprint density at radius 2 is 2.12 bits per heavy atom. The lowest BCUT2D eigenvalue weighted by molar-refractivity contribution is -0.120. The smallest absolute Gasteiger partial charge is 0.250 e. The fraction of sp³-hybridized carbons (Fsp3) is 0.444. The molecule has 2 aromatic rings. The number of hydrogen-bond donors (Lipinski definition) is 1. The Morgan fingerprint density at radius 3 is 2.73 bits per heavy atom. The first-order valence-electron chi connectivity index (χ1n) is 8.40. The molecule has 2 amide bonds. The number of anilines is 2. The maximum Gasteiger partial charge on any atom is 0.250 e. The van der Waals surface area contributed by atoms with Crippen LogP contribution in [0.15, 0.2) is 22.7 Å². The van der Waals surface area contributed by atoms with E-state index in [1.807, 2.05) is 20.8 Å². The molecular formula is C18H21FN4O3. The molecule has 1 N–H and O–H groups in total. The summed E-state index contributed by atoms with van der Waals surface area (Å²) in [6.45, 7) is 7.52. The zero-order valence-electron chi connectivity index (χ0n) is 15.2. The summed E-state index contributed by atoms with van der Waals surface area (Å²) < 4.78 is 18.9. The van der Waals surface area contributed by atoms with Crippen molar-refractivity contribution in [2.24, 2.45) is 0 Å². The molecule has 26 heavy (non-hydrogen) atoms. The molecule has 1 aliphatic rings. The van der Waals surface area contributed by atoms with E-state index in [1.54, 1.807) is 13.0 Å². The van der Waals surface area contributed by atoms with Crippen molar-refractivity contribution in [3.05, 3.63) is 35.4 Å². The normalized spacial score (nSPS) is 17.7. The van der Waals surface area contributed by atoms with Crippen molar-refractivity contribution in [2.75, 3.05) is 10.2 Å². The number of halogens is 1. The zero-order valence-corrected chi connectivity index (χ0v) is 15.2. The molecule has 0 bridgehead atoms. The van der Waals surface area contributed by atoms with Crippen molar-refractivity contribution in [3.8, 4) is 0 Å². The van der Waals surface area contributed by atoms with Gasteiger partial charge < -0.3 is 4.52 Å². The van der Waals surface area contributed by atoms with Crippen LogP contribution in [0.25, 0.3) is 0 Å². The van der Waals surface area contributed by atoms with Gasteiger partial charge in [0.25, 0.3) is 0 Å². The Balaban J connectivity index is 1.80. The van der Waals surface area contributed by atoms with Crippen LogP contribution in [0.3, 0.4) is 0 Å². The van der Waals surface area contributed by atoms with Gasteiger partial charge in [0.2, 0.25) is 23.6 Å². The van der Waals surface area contributed by atoms with Gasteiger partial charge in [-0.25, -0.2) is 4.98 Å². The molecule has 0 aliphatic carbocycles. The number of rotatable bonds is 3. The minimum atomic E-state index is -0.778. The summed E-state index contributed by atoms with van der Waals surface area (Å²) in [5, 5.41) is 6.59. The Kier molecular flexibility index (Phi) is 4.52. The number of nitrogens with one attached hydrogen (secondary N) is 1. The molecule has 0 aromatic carbocycles. The van der Waals surface area contributed by atoms with Gasteiger partial charge in [0.05, 0.1) is 5.69 Å². The molecule has 1 atom stereocenters. The zero-order chi connectivity index (χ0) is 19.1. The number of nitrogens with zero attached hydrogens (tertiary/aromatic N) is 3. The molecule has 3 heterocycles. The summed E-state index contributed by atoms with van der Waals surface area (Å²) in [5.41, 5.74) is 0.859. The van der Waals surface area contributed by atoms with Crippen molar-refractivity contribution in [1.29, 1.82) is 0 Å². The summed E-state index contributed by atoms with van der Waals surface area (Å²) in [7, 11) is 0. The molecule has 7 nitrogen and oxygen atoms in total. The van der Waals surface area contributed by atoms with Gasteiger partial charge >= 0.3 is 0 Å². The van der Waals surface area contributed by atoms with Gasteiger partial charge in [-0.3, -0.25) is 19.8 Å². The Bertz CT molecular complexity index is 856. The van der Waals surface area contributed by atoms with Crippen LogP contribution < -0.4 is 10.2 Å². The molecule has 0 unspecified atom stereocenters. The first kappa shape index (κ1) is 18.0. The molecule has 1 fully saturated rings. The number of hydrogen-bond acceptors (Lipinski definition) is 5. The van der Waals surface area contributed by atoms with Crippen LogP contribution in [0.1, 0.15) is 44.9 Å². The van der Waals surface area contributed by atoms with Gasteiger partial charge in [0, 0.05) is 23.5 Å². The summed E-state index contributed by atoms with van der Waals surface area (Å²) >= 11 is 0. The average Bonchev–Trinajstić information content (AvgIpc) is 3.16. The van der Waals surface area contributed by atoms with Gasteiger partial charge in [0.15, 0.2) is 0 Å². The van der Waals surface area contributed by atoms with E-state index in [9.17, 15) is 14.0 Å². The maximum absolute atomic E-state index is 13.8. The molecule has 0 spiro atoms. The highest BCUT2D eigenvalue weighted by molar-refractivity contribution is 6.06. The largest absolute Gasteiger partial charge is 0.338 e. The third-order valence-electron chi connectivity index (χ3n) is 4.31. The summed E-state index contributed by atoms with van der Waals surface area (Å²) in [6.07, 6.45) is 0.515. The van der Waals surface area contributed by atoms with E-state index >= 15 is 0 Å². The molecule has 3 rings (SSSR count). The first-order chi connectivity index (χ1) is 12.2. The van der Waals surface area contributed by atoms with Crippen LogP contribution in [0.5, 0.6) is 0 Å². The second-order valence-electron chi connectivity index (χ2n) is 7.41. The molecule has 2 aromatic heterocycles. The maximum atomic E-state index is 13.8. The van der Waals surface area contributed by atoms with Crippen molar-refractivity contribution in [1.82, 2.24) is 10.1 Å². The van der Waals surface area contributed by atoms with Crippen LogP contribution in [-0.4, -0.2) is 28.0 Å². The Morgan fingerprint density at radius 1 is 1.38 bits per heavy atom. The van der Waals surface area contributed by atoms with E-state index in [0.717, 1.165) is 0 Å². The van der Waals surface area contributed by atoms with Crippen LogP contribution in [0.2, 0.25) is 0 Å². The van der Waals surface area contributed by atoms with E-state index in [-0.39, 0.29) is 29.4 Å². The molecule has 138 valence electrons. The Labute approximate surface area is 150 Å². The fourth-order valence-electron chi connectivity index (χ4n) is 2.74. The lowest BCUT2D eigenvalue weighted by Crippen LogP contribution is -2.42. The molecule has 8 heteroatoms. The third kappa shape index (κ3) is 3.44. The Hall–Kier alpha value is -2.77. The van der Waals surface area contributed by atoms with Crippen molar-refractivity contribution in [2.45, 2.75) is 52.0 Å². The molecule has 0 saturated carbocycles. The van der Waals surface area contributed by atoms with Crippen molar-refractivity contribution < 1.29 is 18.5 Å². The number of amides is 2. The SMILES string of the molecule is Cc1ccc(N2C(=O)CC[C@H]2C(=O)Nc2cc(C(C)(C)C)no2)nc1F. The topological polar surface area (TPSA) is 88.3 Å². The quantitative estimate of drug-likeness (QED) is 0.850. The van der Waals surface area contributed by atoms with E-state index in [0.29, 0.717) is 17.7 Å². The molecule has 1 saturated heterocycles. The minimum absolute atomic E-state index is 0.128. The third-order valence-corrected chi connectivity index (χ3v) is 4.31. The minimum Gasteiger partial charge on any atom is -0.338 e. The number of carbonyl (C=O) groups is 2.